The predicted molar refractivity (Wildman–Crippen MR) is 112 cm³/mol. The zero-order chi connectivity index (χ0) is 19.8. The van der Waals surface area contributed by atoms with E-state index in [0.717, 1.165) is 4.70 Å². The minimum atomic E-state index is -1.78. The number of nitrogens with one attached hydrogen (secondary N) is 1. The number of hydrogen-bond acceptors (Lipinski definition) is 7. The SMILES string of the molecule is O=C(Nc1csc(-c2ccc(Cl)c(Cl)c2)c1C(O)O)c1ccc2snnc2c1. The lowest BCUT2D eigenvalue weighted by molar-refractivity contribution is -0.0411. The third-order valence-electron chi connectivity index (χ3n) is 4.03. The zero-order valence-electron chi connectivity index (χ0n) is 13.9. The highest BCUT2D eigenvalue weighted by Crippen LogP contribution is 2.41. The molecular weight excluding hydrogens is 441 g/mol. The number of aromatic nitrogens is 2. The molecule has 0 aliphatic carbocycles. The van der Waals surface area contributed by atoms with Gasteiger partial charge in [0.25, 0.3) is 5.91 Å². The topological polar surface area (TPSA) is 95.3 Å². The van der Waals surface area contributed by atoms with Crippen molar-refractivity contribution < 1.29 is 15.0 Å². The maximum absolute atomic E-state index is 12.6. The van der Waals surface area contributed by atoms with Crippen molar-refractivity contribution in [2.75, 3.05) is 5.32 Å². The number of aliphatic hydroxyl groups is 2. The van der Waals surface area contributed by atoms with Crippen LogP contribution in [0.2, 0.25) is 10.0 Å². The summed E-state index contributed by atoms with van der Waals surface area (Å²) in [5.74, 6) is -0.393. The molecule has 0 aliphatic rings. The molecule has 0 unspecified atom stereocenters. The Labute approximate surface area is 177 Å². The van der Waals surface area contributed by atoms with Gasteiger partial charge in [-0.1, -0.05) is 33.8 Å². The second-order valence-corrected chi connectivity index (χ2v) is 8.28. The van der Waals surface area contributed by atoms with Crippen molar-refractivity contribution >= 4 is 67.9 Å². The fraction of sp³-hybridized carbons (Fsp3) is 0.0556. The van der Waals surface area contributed by atoms with Crippen LogP contribution in [-0.2, 0) is 0 Å². The van der Waals surface area contributed by atoms with E-state index >= 15 is 0 Å². The first-order valence-electron chi connectivity index (χ1n) is 7.90. The molecule has 142 valence electrons. The van der Waals surface area contributed by atoms with Crippen LogP contribution < -0.4 is 5.32 Å². The number of carbonyl (C=O) groups is 1. The number of halogens is 2. The molecule has 3 N–H and O–H groups in total. The molecule has 2 heterocycles. The molecule has 0 aliphatic heterocycles. The number of nitrogens with zero attached hydrogens (tertiary/aromatic N) is 2. The monoisotopic (exact) mass is 451 g/mol. The van der Waals surface area contributed by atoms with E-state index in [4.69, 9.17) is 23.2 Å². The van der Waals surface area contributed by atoms with Crippen LogP contribution in [0.1, 0.15) is 22.2 Å². The lowest BCUT2D eigenvalue weighted by Crippen LogP contribution is -2.13. The molecule has 1 amide bonds. The van der Waals surface area contributed by atoms with Crippen LogP contribution in [0.3, 0.4) is 0 Å². The number of hydrogen-bond donors (Lipinski definition) is 3. The Morgan fingerprint density at radius 1 is 1.11 bits per heavy atom. The van der Waals surface area contributed by atoms with Crippen LogP contribution in [0, 0.1) is 0 Å². The van der Waals surface area contributed by atoms with Gasteiger partial charge in [-0.3, -0.25) is 4.79 Å². The van der Waals surface area contributed by atoms with Gasteiger partial charge >= 0.3 is 0 Å². The van der Waals surface area contributed by atoms with Gasteiger partial charge in [-0.2, -0.15) is 0 Å². The third-order valence-corrected chi connectivity index (χ3v) is 6.52. The Morgan fingerprint density at radius 3 is 2.68 bits per heavy atom. The van der Waals surface area contributed by atoms with E-state index < -0.39 is 12.2 Å². The molecule has 0 saturated heterocycles. The summed E-state index contributed by atoms with van der Waals surface area (Å²) in [6, 6.07) is 10.1. The largest absolute Gasteiger partial charge is 0.364 e. The van der Waals surface area contributed by atoms with Gasteiger partial charge in [-0.05, 0) is 47.4 Å². The van der Waals surface area contributed by atoms with Gasteiger partial charge in [-0.15, -0.1) is 16.4 Å². The Kier molecular flexibility index (Phi) is 5.33. The first kappa shape index (κ1) is 19.3. The van der Waals surface area contributed by atoms with E-state index in [1.54, 1.807) is 41.8 Å². The normalized spacial score (nSPS) is 11.3. The zero-order valence-corrected chi connectivity index (χ0v) is 17.0. The van der Waals surface area contributed by atoms with Crippen LogP contribution in [0.25, 0.3) is 20.7 Å². The number of amides is 1. The second kappa shape index (κ2) is 7.75. The molecule has 28 heavy (non-hydrogen) atoms. The standard InChI is InChI=1S/C18H11Cl2N3O3S2/c19-10-3-1-8(5-11(10)20)16-15(18(25)26)13(7-27-16)21-17(24)9-2-4-14-12(6-9)22-23-28-14/h1-7,18,25-26H,(H,21,24). The lowest BCUT2D eigenvalue weighted by Gasteiger charge is -2.11. The Morgan fingerprint density at radius 2 is 1.93 bits per heavy atom. The van der Waals surface area contributed by atoms with Crippen molar-refractivity contribution in [3.8, 4) is 10.4 Å². The van der Waals surface area contributed by atoms with Gasteiger partial charge in [0.15, 0.2) is 6.29 Å². The van der Waals surface area contributed by atoms with Gasteiger partial charge in [0.2, 0.25) is 0 Å². The molecule has 2 aromatic heterocycles. The van der Waals surface area contributed by atoms with Gasteiger partial charge < -0.3 is 15.5 Å². The molecule has 0 radical (unpaired) electrons. The van der Waals surface area contributed by atoms with Crippen LogP contribution >= 0.6 is 46.1 Å². The number of benzene rings is 2. The molecule has 0 saturated carbocycles. The highest BCUT2D eigenvalue weighted by Gasteiger charge is 2.21. The average Bonchev–Trinajstić information content (AvgIpc) is 3.30. The van der Waals surface area contributed by atoms with Crippen molar-refractivity contribution in [3.63, 3.8) is 0 Å². The number of anilines is 1. The van der Waals surface area contributed by atoms with E-state index in [0.29, 0.717) is 37.3 Å². The summed E-state index contributed by atoms with van der Waals surface area (Å²) < 4.78 is 4.72. The molecule has 0 spiro atoms. The smallest absolute Gasteiger partial charge is 0.255 e. The maximum atomic E-state index is 12.6. The number of carbonyl (C=O) groups excluding carboxylic acids is 1. The van der Waals surface area contributed by atoms with Gasteiger partial charge in [0.05, 0.1) is 20.4 Å². The summed E-state index contributed by atoms with van der Waals surface area (Å²) in [6.07, 6.45) is -1.78. The van der Waals surface area contributed by atoms with E-state index in [1.165, 1.54) is 22.9 Å². The van der Waals surface area contributed by atoms with E-state index in [-0.39, 0.29) is 5.56 Å². The van der Waals surface area contributed by atoms with Crippen molar-refractivity contribution in [1.82, 2.24) is 9.59 Å². The van der Waals surface area contributed by atoms with E-state index in [9.17, 15) is 15.0 Å². The molecule has 2 aromatic carbocycles. The Balaban J connectivity index is 1.68. The Bertz CT molecular complexity index is 1190. The summed E-state index contributed by atoms with van der Waals surface area (Å²) >= 11 is 14.5. The third kappa shape index (κ3) is 3.62. The average molecular weight is 452 g/mol. The van der Waals surface area contributed by atoms with Gasteiger partial charge in [0.1, 0.15) is 5.52 Å². The molecular formula is C18H11Cl2N3O3S2. The van der Waals surface area contributed by atoms with Gasteiger partial charge in [0, 0.05) is 21.4 Å². The van der Waals surface area contributed by atoms with Gasteiger partial charge in [-0.25, -0.2) is 0 Å². The van der Waals surface area contributed by atoms with Crippen LogP contribution in [-0.4, -0.2) is 25.7 Å². The van der Waals surface area contributed by atoms with Crippen molar-refractivity contribution in [2.45, 2.75) is 6.29 Å². The molecule has 0 fully saturated rings. The second-order valence-electron chi connectivity index (χ2n) is 5.80. The fourth-order valence-electron chi connectivity index (χ4n) is 2.70. The number of fused-ring (bicyclic) bond motifs is 1. The van der Waals surface area contributed by atoms with E-state index in [2.05, 4.69) is 14.9 Å². The molecule has 4 rings (SSSR count). The minimum absolute atomic E-state index is 0.188. The fourth-order valence-corrected chi connectivity index (χ4v) is 4.56. The summed E-state index contributed by atoms with van der Waals surface area (Å²) in [7, 11) is 0. The maximum Gasteiger partial charge on any atom is 0.255 e. The van der Waals surface area contributed by atoms with Crippen LogP contribution in [0.5, 0.6) is 0 Å². The first-order chi connectivity index (χ1) is 13.4. The van der Waals surface area contributed by atoms with E-state index in [1.807, 2.05) is 0 Å². The molecule has 6 nitrogen and oxygen atoms in total. The molecule has 0 atom stereocenters. The molecule has 4 aromatic rings. The molecule has 10 heteroatoms. The first-order valence-corrected chi connectivity index (χ1v) is 10.3. The van der Waals surface area contributed by atoms with Crippen molar-refractivity contribution in [3.05, 3.63) is 63.0 Å². The van der Waals surface area contributed by atoms with Crippen molar-refractivity contribution in [1.29, 1.82) is 0 Å². The predicted octanol–water partition coefficient (Wildman–Crippen LogP) is 4.96. The molecule has 0 bridgehead atoms. The highest BCUT2D eigenvalue weighted by atomic mass is 35.5. The minimum Gasteiger partial charge on any atom is -0.364 e. The lowest BCUT2D eigenvalue weighted by atomic mass is 10.1. The Hall–Kier alpha value is -2.07. The van der Waals surface area contributed by atoms with Crippen molar-refractivity contribution in [2.24, 2.45) is 0 Å². The quantitative estimate of drug-likeness (QED) is 0.381. The number of aliphatic hydroxyl groups excluding tert-OH is 1. The number of thiophene rings is 1. The summed E-state index contributed by atoms with van der Waals surface area (Å²) in [5.41, 5.74) is 2.18. The summed E-state index contributed by atoms with van der Waals surface area (Å²) in [6.45, 7) is 0. The highest BCUT2D eigenvalue weighted by molar-refractivity contribution is 7.14. The summed E-state index contributed by atoms with van der Waals surface area (Å²) in [4.78, 5) is 13.2. The summed E-state index contributed by atoms with van der Waals surface area (Å²) in [5, 5.41) is 28.9. The number of rotatable bonds is 4. The van der Waals surface area contributed by atoms with Crippen LogP contribution in [0.4, 0.5) is 5.69 Å². The van der Waals surface area contributed by atoms with Crippen LogP contribution in [0.15, 0.2) is 41.8 Å².